The first kappa shape index (κ1) is 23.9. The highest BCUT2D eigenvalue weighted by Gasteiger charge is 2.36. The Balaban J connectivity index is 0.000000149. The van der Waals surface area contributed by atoms with Gasteiger partial charge in [0.1, 0.15) is 23.8 Å². The first-order valence-corrected chi connectivity index (χ1v) is 13.0. The summed E-state index contributed by atoms with van der Waals surface area (Å²) >= 11 is 3.26. The van der Waals surface area contributed by atoms with E-state index in [0.717, 1.165) is 27.1 Å². The van der Waals surface area contributed by atoms with Gasteiger partial charge in [0.25, 0.3) is 17.5 Å². The lowest BCUT2D eigenvalue weighted by molar-refractivity contribution is -0.384. The molecule has 0 aliphatic carbocycles. The van der Waals surface area contributed by atoms with Gasteiger partial charge in [0.05, 0.1) is 27.8 Å². The van der Waals surface area contributed by atoms with Gasteiger partial charge in [-0.15, -0.1) is 23.5 Å². The second-order valence-electron chi connectivity index (χ2n) is 8.31. The van der Waals surface area contributed by atoms with E-state index in [-0.39, 0.29) is 23.5 Å². The van der Waals surface area contributed by atoms with Crippen molar-refractivity contribution >= 4 is 69.8 Å². The van der Waals surface area contributed by atoms with E-state index in [1.165, 1.54) is 12.1 Å². The Hall–Kier alpha value is -3.78. The van der Waals surface area contributed by atoms with Crippen molar-refractivity contribution < 1.29 is 14.5 Å². The number of nitro groups is 1. The molecule has 4 aliphatic rings. The van der Waals surface area contributed by atoms with E-state index in [0.29, 0.717) is 23.0 Å². The zero-order valence-corrected chi connectivity index (χ0v) is 20.9. The number of benzene rings is 2. The van der Waals surface area contributed by atoms with Crippen LogP contribution in [0.25, 0.3) is 0 Å². The molecule has 4 N–H and O–H groups in total. The summed E-state index contributed by atoms with van der Waals surface area (Å²) in [5.41, 5.74) is 13.2. The molecule has 2 atom stereocenters. The molecule has 4 aliphatic heterocycles. The number of hydrazone groups is 2. The maximum absolute atomic E-state index is 11.7. The summed E-state index contributed by atoms with van der Waals surface area (Å²) in [7, 11) is 0. The van der Waals surface area contributed by atoms with Gasteiger partial charge in [0.2, 0.25) is 0 Å². The largest absolute Gasteiger partial charge is 0.399 e. The van der Waals surface area contributed by atoms with Crippen molar-refractivity contribution in [3.05, 3.63) is 46.5 Å². The maximum atomic E-state index is 11.7. The normalized spacial score (nSPS) is 21.7. The van der Waals surface area contributed by atoms with Crippen LogP contribution in [-0.4, -0.2) is 52.0 Å². The van der Waals surface area contributed by atoms with E-state index >= 15 is 0 Å². The predicted octanol–water partition coefficient (Wildman–Crippen LogP) is 2.35. The van der Waals surface area contributed by atoms with Crippen molar-refractivity contribution in [1.82, 2.24) is 10.9 Å². The molecule has 0 spiro atoms. The summed E-state index contributed by atoms with van der Waals surface area (Å²) in [6.07, 6.45) is 0. The molecule has 2 amide bonds. The van der Waals surface area contributed by atoms with Gasteiger partial charge in [-0.25, -0.2) is 10.9 Å². The van der Waals surface area contributed by atoms with Gasteiger partial charge in [-0.05, 0) is 38.1 Å². The van der Waals surface area contributed by atoms with Crippen LogP contribution in [0.3, 0.4) is 0 Å². The number of hydrogen-bond donors (Lipinski definition) is 3. The van der Waals surface area contributed by atoms with Crippen LogP contribution in [0, 0.1) is 10.1 Å². The standard InChI is InChI=1S/C11H10N4O3S.C11H12N4OS/c1-6-11(16)13-12-10-5-19-9-3-2-7(15(17)18)4-8(9)14(6)10;1-6-11(16)14-13-10-5-17-9-3-2-7(12)4-8(9)15(6)10/h2-4,6H,5H2,1H3,(H,13,16);2-4,6H,5,12H2,1H3,(H,14,16). The molecule has 4 heterocycles. The lowest BCUT2D eigenvalue weighted by Crippen LogP contribution is -2.54. The molecule has 2 aromatic rings. The quantitative estimate of drug-likeness (QED) is 0.288. The molecule has 0 fully saturated rings. The van der Waals surface area contributed by atoms with Crippen molar-refractivity contribution in [3.8, 4) is 0 Å². The fraction of sp³-hybridized carbons (Fsp3) is 0.273. The van der Waals surface area contributed by atoms with Gasteiger partial charge in [-0.1, -0.05) is 0 Å². The molecule has 0 bridgehead atoms. The molecule has 6 rings (SSSR count). The number of amidine groups is 2. The zero-order valence-electron chi connectivity index (χ0n) is 19.3. The van der Waals surface area contributed by atoms with Crippen LogP contribution in [0.4, 0.5) is 22.7 Å². The maximum Gasteiger partial charge on any atom is 0.271 e. The summed E-state index contributed by atoms with van der Waals surface area (Å²) in [5.74, 6) is 2.68. The van der Waals surface area contributed by atoms with Crippen LogP contribution in [0.15, 0.2) is 56.4 Å². The third-order valence-electron chi connectivity index (χ3n) is 6.05. The first-order valence-electron chi connectivity index (χ1n) is 11.0. The number of nitrogens with zero attached hydrogens (tertiary/aromatic N) is 5. The van der Waals surface area contributed by atoms with Crippen molar-refractivity contribution in [2.45, 2.75) is 35.7 Å². The Morgan fingerprint density at radius 2 is 1.42 bits per heavy atom. The zero-order chi connectivity index (χ0) is 25.6. The molecule has 2 unspecified atom stereocenters. The highest BCUT2D eigenvalue weighted by molar-refractivity contribution is 8.00. The molecule has 0 saturated heterocycles. The van der Waals surface area contributed by atoms with Crippen LogP contribution in [-0.2, 0) is 9.59 Å². The fourth-order valence-corrected chi connectivity index (χ4v) is 6.09. The van der Waals surface area contributed by atoms with E-state index in [9.17, 15) is 19.7 Å². The Labute approximate surface area is 214 Å². The lowest BCUT2D eigenvalue weighted by atomic mass is 10.1. The summed E-state index contributed by atoms with van der Waals surface area (Å²) in [5, 5.41) is 19.0. The minimum atomic E-state index is -0.439. The molecular weight excluding hydrogens is 504 g/mol. The Bertz CT molecular complexity index is 1350. The second-order valence-corrected chi connectivity index (χ2v) is 10.3. The summed E-state index contributed by atoms with van der Waals surface area (Å²) in [6.45, 7) is 3.62. The highest BCUT2D eigenvalue weighted by atomic mass is 32.2. The number of nitrogens with one attached hydrogen (secondary N) is 2. The summed E-state index contributed by atoms with van der Waals surface area (Å²) in [4.78, 5) is 39.5. The lowest BCUT2D eigenvalue weighted by Gasteiger charge is -2.38. The number of nitro benzene ring substituents is 1. The molecule has 36 heavy (non-hydrogen) atoms. The van der Waals surface area contributed by atoms with Gasteiger partial charge >= 0.3 is 0 Å². The third kappa shape index (κ3) is 4.22. The number of rotatable bonds is 1. The van der Waals surface area contributed by atoms with E-state index in [1.54, 1.807) is 41.4 Å². The first-order chi connectivity index (χ1) is 17.2. The number of thioether (sulfide) groups is 2. The van der Waals surface area contributed by atoms with Crippen molar-refractivity contribution in [2.75, 3.05) is 27.0 Å². The molecule has 2 aromatic carbocycles. The number of fused-ring (bicyclic) bond motifs is 6. The van der Waals surface area contributed by atoms with Crippen LogP contribution in [0.5, 0.6) is 0 Å². The second kappa shape index (κ2) is 9.35. The number of carbonyl (C=O) groups is 2. The number of non-ortho nitro benzene ring substituents is 1. The van der Waals surface area contributed by atoms with Gasteiger partial charge in [-0.3, -0.25) is 19.7 Å². The number of nitrogen functional groups attached to an aromatic ring is 1. The van der Waals surface area contributed by atoms with Gasteiger partial charge in [0, 0.05) is 27.6 Å². The number of amides is 2. The SMILES string of the molecule is CC1C(=O)NN=C2CSc3ccc(N)cc3N21.CC1C(=O)NN=C2CSc3ccc([N+](=O)[O-])cc3N21. The fourth-order valence-electron chi connectivity index (χ4n) is 4.17. The number of hydrogen-bond acceptors (Lipinski definition) is 11. The summed E-state index contributed by atoms with van der Waals surface area (Å²) < 4.78 is 0. The highest BCUT2D eigenvalue weighted by Crippen LogP contribution is 2.40. The average molecular weight is 527 g/mol. The molecule has 0 saturated carbocycles. The van der Waals surface area contributed by atoms with Crippen LogP contribution >= 0.6 is 23.5 Å². The molecule has 12 nitrogen and oxygen atoms in total. The Morgan fingerprint density at radius 3 is 1.94 bits per heavy atom. The molecule has 0 radical (unpaired) electrons. The topological polar surface area (TPSA) is 159 Å². The molecule has 186 valence electrons. The van der Waals surface area contributed by atoms with Gasteiger partial charge in [-0.2, -0.15) is 10.2 Å². The van der Waals surface area contributed by atoms with Crippen LogP contribution in [0.1, 0.15) is 13.8 Å². The molecule has 0 aromatic heterocycles. The van der Waals surface area contributed by atoms with Crippen LogP contribution < -0.4 is 26.4 Å². The predicted molar refractivity (Wildman–Crippen MR) is 140 cm³/mol. The monoisotopic (exact) mass is 526 g/mol. The van der Waals surface area contributed by atoms with Crippen molar-refractivity contribution in [1.29, 1.82) is 0 Å². The Kier molecular flexibility index (Phi) is 6.22. The number of nitrogens with two attached hydrogens (primary N) is 1. The van der Waals surface area contributed by atoms with E-state index in [1.807, 2.05) is 30.0 Å². The van der Waals surface area contributed by atoms with Gasteiger partial charge < -0.3 is 15.5 Å². The van der Waals surface area contributed by atoms with Crippen molar-refractivity contribution in [2.24, 2.45) is 10.2 Å². The minimum Gasteiger partial charge on any atom is -0.399 e. The smallest absolute Gasteiger partial charge is 0.271 e. The molecule has 14 heteroatoms. The van der Waals surface area contributed by atoms with E-state index < -0.39 is 11.0 Å². The van der Waals surface area contributed by atoms with E-state index in [4.69, 9.17) is 5.73 Å². The Morgan fingerprint density at radius 1 is 0.917 bits per heavy atom. The molecular formula is C22H22N8O4S2. The number of carbonyl (C=O) groups excluding carboxylic acids is 2. The summed E-state index contributed by atoms with van der Waals surface area (Å²) in [6, 6.07) is 9.78. The minimum absolute atomic E-state index is 0.0128. The average Bonchev–Trinajstić information content (AvgIpc) is 2.87. The van der Waals surface area contributed by atoms with Crippen LogP contribution in [0.2, 0.25) is 0 Å². The van der Waals surface area contributed by atoms with E-state index in [2.05, 4.69) is 21.1 Å². The van der Waals surface area contributed by atoms with Gasteiger partial charge in [0.15, 0.2) is 0 Å². The van der Waals surface area contributed by atoms with Crippen molar-refractivity contribution in [3.63, 3.8) is 0 Å². The third-order valence-corrected chi connectivity index (χ3v) is 8.17. The number of anilines is 3.